The number of carbonyl (C=O) groups is 1. The van der Waals surface area contributed by atoms with Crippen molar-refractivity contribution in [2.75, 3.05) is 19.6 Å². The summed E-state index contributed by atoms with van der Waals surface area (Å²) in [6.45, 7) is 11.1. The summed E-state index contributed by atoms with van der Waals surface area (Å²) < 4.78 is 0. The van der Waals surface area contributed by atoms with Crippen LogP contribution in [0.25, 0.3) is 0 Å². The highest BCUT2D eigenvalue weighted by Crippen LogP contribution is 2.14. The highest BCUT2D eigenvalue weighted by atomic mass is 16.2. The van der Waals surface area contributed by atoms with Gasteiger partial charge >= 0.3 is 0 Å². The molecule has 0 unspecified atom stereocenters. The molecule has 0 spiro atoms. The van der Waals surface area contributed by atoms with Crippen LogP contribution in [0.3, 0.4) is 0 Å². The Morgan fingerprint density at radius 3 is 2.71 bits per heavy atom. The largest absolute Gasteiger partial charge is 0.341 e. The van der Waals surface area contributed by atoms with E-state index in [2.05, 4.69) is 33.0 Å². The van der Waals surface area contributed by atoms with Crippen molar-refractivity contribution < 1.29 is 4.79 Å². The van der Waals surface area contributed by atoms with Crippen LogP contribution >= 0.6 is 0 Å². The van der Waals surface area contributed by atoms with E-state index in [4.69, 9.17) is 0 Å². The quantitative estimate of drug-likeness (QED) is 0.724. The minimum atomic E-state index is -0.0389. The Hall–Kier alpha value is -0.570. The van der Waals surface area contributed by atoms with Crippen LogP contribution < -0.4 is 5.32 Å². The monoisotopic (exact) mass is 198 g/mol. The second-order valence-electron chi connectivity index (χ2n) is 5.22. The van der Waals surface area contributed by atoms with E-state index in [1.165, 1.54) is 0 Å². The van der Waals surface area contributed by atoms with Gasteiger partial charge in [0.15, 0.2) is 0 Å². The van der Waals surface area contributed by atoms with Crippen molar-refractivity contribution in [2.45, 2.75) is 39.7 Å². The number of hydrogen-bond donors (Lipinski definition) is 1. The molecule has 0 saturated carbocycles. The summed E-state index contributed by atoms with van der Waals surface area (Å²) >= 11 is 0. The third-order valence-corrected chi connectivity index (χ3v) is 2.52. The van der Waals surface area contributed by atoms with E-state index >= 15 is 0 Å². The molecule has 0 aromatic heterocycles. The molecular weight excluding hydrogens is 176 g/mol. The maximum absolute atomic E-state index is 11.9. The minimum absolute atomic E-state index is 0.0389. The molecule has 3 nitrogen and oxygen atoms in total. The molecule has 0 aliphatic carbocycles. The molecule has 0 aromatic rings. The minimum Gasteiger partial charge on any atom is -0.341 e. The number of nitrogens with one attached hydrogen (secondary N) is 1. The summed E-state index contributed by atoms with van der Waals surface area (Å²) in [4.78, 5) is 13.8. The first-order valence-corrected chi connectivity index (χ1v) is 5.43. The van der Waals surface area contributed by atoms with Crippen molar-refractivity contribution in [3.63, 3.8) is 0 Å². The number of carbonyl (C=O) groups excluding carboxylic acids is 1. The van der Waals surface area contributed by atoms with Gasteiger partial charge in [0, 0.05) is 31.6 Å². The lowest BCUT2D eigenvalue weighted by Crippen LogP contribution is -2.39. The number of amides is 1. The van der Waals surface area contributed by atoms with E-state index in [-0.39, 0.29) is 11.4 Å². The lowest BCUT2D eigenvalue weighted by Gasteiger charge is -2.24. The van der Waals surface area contributed by atoms with Gasteiger partial charge in [-0.3, -0.25) is 4.79 Å². The van der Waals surface area contributed by atoms with Crippen LogP contribution in [-0.4, -0.2) is 36.0 Å². The SMILES string of the molecule is CC(C)CN1CCNC(C)(C)CC1=O. The summed E-state index contributed by atoms with van der Waals surface area (Å²) in [5.41, 5.74) is -0.0389. The molecule has 0 radical (unpaired) electrons. The zero-order chi connectivity index (χ0) is 10.8. The van der Waals surface area contributed by atoms with E-state index in [1.54, 1.807) is 0 Å². The first-order valence-electron chi connectivity index (χ1n) is 5.43. The van der Waals surface area contributed by atoms with E-state index in [9.17, 15) is 4.79 Å². The lowest BCUT2D eigenvalue weighted by molar-refractivity contribution is -0.131. The molecule has 1 rings (SSSR count). The zero-order valence-corrected chi connectivity index (χ0v) is 9.76. The molecule has 1 N–H and O–H groups in total. The highest BCUT2D eigenvalue weighted by Gasteiger charge is 2.28. The smallest absolute Gasteiger partial charge is 0.224 e. The lowest BCUT2D eigenvalue weighted by atomic mass is 10.0. The van der Waals surface area contributed by atoms with Crippen molar-refractivity contribution in [3.05, 3.63) is 0 Å². The normalized spacial score (nSPS) is 22.6. The number of rotatable bonds is 2. The number of nitrogens with zero attached hydrogens (tertiary/aromatic N) is 1. The van der Waals surface area contributed by atoms with Gasteiger partial charge in [0.25, 0.3) is 0 Å². The fourth-order valence-electron chi connectivity index (χ4n) is 1.84. The molecule has 0 bridgehead atoms. The Bertz CT molecular complexity index is 211. The highest BCUT2D eigenvalue weighted by molar-refractivity contribution is 5.77. The van der Waals surface area contributed by atoms with Gasteiger partial charge < -0.3 is 10.2 Å². The predicted molar refractivity (Wildman–Crippen MR) is 58.1 cm³/mol. The van der Waals surface area contributed by atoms with Crippen molar-refractivity contribution >= 4 is 5.91 Å². The van der Waals surface area contributed by atoms with Gasteiger partial charge in [-0.1, -0.05) is 13.8 Å². The van der Waals surface area contributed by atoms with Crippen molar-refractivity contribution in [2.24, 2.45) is 5.92 Å². The van der Waals surface area contributed by atoms with Crippen LogP contribution in [0.2, 0.25) is 0 Å². The van der Waals surface area contributed by atoms with E-state index in [0.717, 1.165) is 19.6 Å². The first-order chi connectivity index (χ1) is 6.41. The summed E-state index contributed by atoms with van der Waals surface area (Å²) in [5.74, 6) is 0.842. The van der Waals surface area contributed by atoms with E-state index in [0.29, 0.717) is 12.3 Å². The fraction of sp³-hybridized carbons (Fsp3) is 0.909. The number of hydrogen-bond acceptors (Lipinski definition) is 2. The predicted octanol–water partition coefficient (Wildman–Crippen LogP) is 1.24. The molecule has 1 aliphatic rings. The zero-order valence-electron chi connectivity index (χ0n) is 9.76. The Kier molecular flexibility index (Phi) is 3.53. The molecule has 1 saturated heterocycles. The maximum atomic E-state index is 11.9. The van der Waals surface area contributed by atoms with Crippen LogP contribution in [0.4, 0.5) is 0 Å². The molecule has 1 aliphatic heterocycles. The molecule has 3 heteroatoms. The van der Waals surface area contributed by atoms with Crippen molar-refractivity contribution in [1.82, 2.24) is 10.2 Å². The standard InChI is InChI=1S/C11H22N2O/c1-9(2)8-13-6-5-12-11(3,4)7-10(13)14/h9,12H,5-8H2,1-4H3. The molecule has 0 aromatic carbocycles. The van der Waals surface area contributed by atoms with Gasteiger partial charge in [-0.15, -0.1) is 0 Å². The summed E-state index contributed by atoms with van der Waals surface area (Å²) in [5, 5.41) is 3.39. The topological polar surface area (TPSA) is 32.3 Å². The third kappa shape index (κ3) is 3.29. The summed E-state index contributed by atoms with van der Waals surface area (Å²) in [6.07, 6.45) is 0.611. The van der Waals surface area contributed by atoms with Gasteiger partial charge in [0.2, 0.25) is 5.91 Å². The van der Waals surface area contributed by atoms with Gasteiger partial charge in [0.05, 0.1) is 0 Å². The fourth-order valence-corrected chi connectivity index (χ4v) is 1.84. The maximum Gasteiger partial charge on any atom is 0.224 e. The molecule has 0 atom stereocenters. The molecular formula is C11H22N2O. The van der Waals surface area contributed by atoms with Gasteiger partial charge in [-0.2, -0.15) is 0 Å². The molecule has 14 heavy (non-hydrogen) atoms. The van der Waals surface area contributed by atoms with Crippen LogP contribution in [-0.2, 0) is 4.79 Å². The Balaban J connectivity index is 2.58. The Morgan fingerprint density at radius 2 is 2.14 bits per heavy atom. The van der Waals surface area contributed by atoms with Crippen LogP contribution in [0.1, 0.15) is 34.1 Å². The van der Waals surface area contributed by atoms with Crippen molar-refractivity contribution in [3.8, 4) is 0 Å². The average Bonchev–Trinajstić information content (AvgIpc) is 2.10. The van der Waals surface area contributed by atoms with Crippen LogP contribution in [0, 0.1) is 5.92 Å². The van der Waals surface area contributed by atoms with Gasteiger partial charge in [-0.05, 0) is 19.8 Å². The van der Waals surface area contributed by atoms with Crippen LogP contribution in [0.15, 0.2) is 0 Å². The van der Waals surface area contributed by atoms with Gasteiger partial charge in [-0.25, -0.2) is 0 Å². The molecule has 1 fully saturated rings. The summed E-state index contributed by atoms with van der Waals surface area (Å²) in [7, 11) is 0. The summed E-state index contributed by atoms with van der Waals surface area (Å²) in [6, 6.07) is 0. The van der Waals surface area contributed by atoms with E-state index < -0.39 is 0 Å². The molecule has 1 heterocycles. The van der Waals surface area contributed by atoms with Crippen molar-refractivity contribution in [1.29, 1.82) is 0 Å². The molecule has 1 amide bonds. The average molecular weight is 198 g/mol. The first kappa shape index (κ1) is 11.5. The Labute approximate surface area is 86.9 Å². The second kappa shape index (κ2) is 4.30. The van der Waals surface area contributed by atoms with Gasteiger partial charge in [0.1, 0.15) is 0 Å². The third-order valence-electron chi connectivity index (χ3n) is 2.52. The van der Waals surface area contributed by atoms with E-state index in [1.807, 2.05) is 4.90 Å². The Morgan fingerprint density at radius 1 is 1.50 bits per heavy atom. The molecule has 82 valence electrons. The van der Waals surface area contributed by atoms with Crippen LogP contribution in [0.5, 0.6) is 0 Å². The second-order valence-corrected chi connectivity index (χ2v) is 5.22.